The van der Waals surface area contributed by atoms with Gasteiger partial charge in [0.25, 0.3) is 0 Å². The molecular weight excluding hydrogens is 913 g/mol. The van der Waals surface area contributed by atoms with Gasteiger partial charge in [-0.1, -0.05) is 158 Å². The van der Waals surface area contributed by atoms with Gasteiger partial charge in [-0.15, -0.1) is 0 Å². The third kappa shape index (κ3) is 5.56. The van der Waals surface area contributed by atoms with Crippen LogP contribution in [0.1, 0.15) is 103 Å². The highest BCUT2D eigenvalue weighted by Crippen LogP contribution is 2.68. The highest BCUT2D eigenvalue weighted by atomic mass is 16.5. The van der Waals surface area contributed by atoms with E-state index in [1.165, 1.54) is 112 Å². The van der Waals surface area contributed by atoms with Crippen LogP contribution >= 0.6 is 0 Å². The molecule has 4 aliphatic heterocycles. The van der Waals surface area contributed by atoms with Crippen LogP contribution in [0.3, 0.4) is 0 Å². The Hall–Kier alpha value is -8.60. The summed E-state index contributed by atoms with van der Waals surface area (Å²) in [5, 5.41) is 0. The number of benzene rings is 10. The summed E-state index contributed by atoms with van der Waals surface area (Å²) in [6.45, 7) is 18.4. The maximum absolute atomic E-state index is 6.93. The molecule has 1 aliphatic carbocycles. The van der Waals surface area contributed by atoms with E-state index in [4.69, 9.17) is 9.47 Å². The lowest BCUT2D eigenvalue weighted by molar-refractivity contribution is 0.433. The van der Waals surface area contributed by atoms with Crippen molar-refractivity contribution in [3.05, 3.63) is 283 Å². The van der Waals surface area contributed by atoms with Crippen molar-refractivity contribution in [1.29, 1.82) is 0 Å². The summed E-state index contributed by atoms with van der Waals surface area (Å²) in [4.78, 5) is 5.19. The molecule has 0 N–H and O–H groups in total. The number of fused-ring (bicyclic) bond motifs is 19. The first-order valence-electron chi connectivity index (χ1n) is 26.5. The van der Waals surface area contributed by atoms with Gasteiger partial charge in [-0.25, -0.2) is 0 Å². The third-order valence-corrected chi connectivity index (χ3v) is 17.6. The van der Waals surface area contributed by atoms with Gasteiger partial charge in [0, 0.05) is 27.7 Å². The minimum absolute atomic E-state index is 0.411. The summed E-state index contributed by atoms with van der Waals surface area (Å²) in [5.41, 5.74) is 27.4. The summed E-state index contributed by atoms with van der Waals surface area (Å²) in [5.74, 6) is 3.51. The molecular formula is C71H56N2O2. The maximum Gasteiger partial charge on any atom is 0.132 e. The molecule has 4 heteroatoms. The molecule has 0 atom stereocenters. The molecule has 0 amide bonds. The van der Waals surface area contributed by atoms with E-state index in [0.29, 0.717) is 0 Å². The van der Waals surface area contributed by atoms with Crippen molar-refractivity contribution in [3.63, 3.8) is 0 Å². The first-order chi connectivity index (χ1) is 36.4. The van der Waals surface area contributed by atoms with Crippen molar-refractivity contribution >= 4 is 34.1 Å². The third-order valence-electron chi connectivity index (χ3n) is 17.6. The average molecular weight is 969 g/mol. The Kier molecular flexibility index (Phi) is 8.93. The molecule has 75 heavy (non-hydrogen) atoms. The summed E-state index contributed by atoms with van der Waals surface area (Å²) >= 11 is 0. The van der Waals surface area contributed by atoms with Crippen LogP contribution in [0.25, 0.3) is 11.1 Å². The van der Waals surface area contributed by atoms with E-state index in [2.05, 4.69) is 259 Å². The predicted octanol–water partition coefficient (Wildman–Crippen LogP) is 18.4. The molecule has 10 aromatic carbocycles. The van der Waals surface area contributed by atoms with E-state index in [1.54, 1.807) is 0 Å². The lowest BCUT2D eigenvalue weighted by Gasteiger charge is -2.49. The van der Waals surface area contributed by atoms with Crippen molar-refractivity contribution in [2.24, 2.45) is 0 Å². The Morgan fingerprint density at radius 2 is 0.587 bits per heavy atom. The number of hydrogen-bond acceptors (Lipinski definition) is 4. The van der Waals surface area contributed by atoms with E-state index in [1.807, 2.05) is 0 Å². The molecule has 362 valence electrons. The van der Waals surface area contributed by atoms with Crippen molar-refractivity contribution in [3.8, 4) is 34.1 Å². The van der Waals surface area contributed by atoms with Gasteiger partial charge in [0.1, 0.15) is 23.0 Å². The van der Waals surface area contributed by atoms with E-state index >= 15 is 0 Å². The Balaban J connectivity index is 1.11. The molecule has 0 aromatic heterocycles. The van der Waals surface area contributed by atoms with Crippen molar-refractivity contribution in [2.75, 3.05) is 9.80 Å². The summed E-state index contributed by atoms with van der Waals surface area (Å²) in [6, 6.07) is 73.0. The Bertz CT molecular complexity index is 3750. The van der Waals surface area contributed by atoms with Gasteiger partial charge in [0.2, 0.25) is 0 Å². The van der Waals surface area contributed by atoms with Crippen LogP contribution in [-0.2, 0) is 16.2 Å². The quantitative estimate of drug-likeness (QED) is 0.172. The molecule has 0 bridgehead atoms. The van der Waals surface area contributed by atoms with Crippen LogP contribution in [0.4, 0.5) is 34.1 Å². The van der Waals surface area contributed by atoms with Crippen molar-refractivity contribution in [1.82, 2.24) is 0 Å². The second kappa shape index (κ2) is 15.2. The Morgan fingerprint density at radius 3 is 0.920 bits per heavy atom. The number of anilines is 6. The Morgan fingerprint density at radius 1 is 0.293 bits per heavy atom. The summed E-state index contributed by atoms with van der Waals surface area (Å²) in [7, 11) is 0. The lowest BCUT2D eigenvalue weighted by atomic mass is 9.60. The fraction of sp³-hybridized carbons (Fsp3) is 0.155. The predicted molar refractivity (Wildman–Crippen MR) is 306 cm³/mol. The first kappa shape index (κ1) is 43.9. The van der Waals surface area contributed by atoms with Gasteiger partial charge in [-0.05, 0) is 169 Å². The SMILES string of the molecule is Cc1cc(C)c(N2c3ccccc3C3(c4ccccc4Oc4ccccc43)c3cc4c(cc32)C(C)(C)c2cc3c(cc2-4)C2(c4ccccc4Oc4ccccc42)c2ccccc2N3c2c(C)cc(C)cc2C)c(C)c1. The van der Waals surface area contributed by atoms with E-state index in [-0.39, 0.29) is 0 Å². The van der Waals surface area contributed by atoms with Gasteiger partial charge in [-0.3, -0.25) is 0 Å². The normalized spacial score (nSPS) is 15.7. The molecule has 0 radical (unpaired) electrons. The molecule has 15 rings (SSSR count). The zero-order chi connectivity index (χ0) is 50.9. The highest BCUT2D eigenvalue weighted by Gasteiger charge is 2.55. The molecule has 4 heterocycles. The van der Waals surface area contributed by atoms with Crippen LogP contribution in [0.15, 0.2) is 194 Å². The van der Waals surface area contributed by atoms with Gasteiger partial charge in [-0.2, -0.15) is 0 Å². The number of ether oxygens (including phenoxy) is 2. The second-order valence-electron chi connectivity index (χ2n) is 22.3. The zero-order valence-corrected chi connectivity index (χ0v) is 43.7. The van der Waals surface area contributed by atoms with Crippen LogP contribution in [0.5, 0.6) is 23.0 Å². The number of rotatable bonds is 2. The van der Waals surface area contributed by atoms with Crippen molar-refractivity contribution < 1.29 is 9.47 Å². The molecule has 0 fully saturated rings. The molecule has 0 saturated heterocycles. The molecule has 0 saturated carbocycles. The monoisotopic (exact) mass is 968 g/mol. The fourth-order valence-electron chi connectivity index (χ4n) is 15.0. The molecule has 2 spiro atoms. The second-order valence-corrected chi connectivity index (χ2v) is 22.3. The van der Waals surface area contributed by atoms with Gasteiger partial charge < -0.3 is 19.3 Å². The fourth-order valence-corrected chi connectivity index (χ4v) is 15.0. The highest BCUT2D eigenvalue weighted by molar-refractivity contribution is 5.99. The number of nitrogens with zero attached hydrogens (tertiary/aromatic N) is 2. The first-order valence-corrected chi connectivity index (χ1v) is 26.5. The number of para-hydroxylation sites is 6. The Labute approximate surface area is 440 Å². The minimum Gasteiger partial charge on any atom is -0.457 e. The topological polar surface area (TPSA) is 24.9 Å². The van der Waals surface area contributed by atoms with Crippen molar-refractivity contribution in [2.45, 2.75) is 71.6 Å². The van der Waals surface area contributed by atoms with E-state index in [9.17, 15) is 0 Å². The van der Waals surface area contributed by atoms with Crippen LogP contribution in [0.2, 0.25) is 0 Å². The van der Waals surface area contributed by atoms with Gasteiger partial charge in [0.15, 0.2) is 0 Å². The van der Waals surface area contributed by atoms with Gasteiger partial charge >= 0.3 is 0 Å². The van der Waals surface area contributed by atoms with Gasteiger partial charge in [0.05, 0.1) is 45.0 Å². The number of hydrogen-bond donors (Lipinski definition) is 0. The number of aryl methyl sites for hydroxylation is 6. The maximum atomic E-state index is 6.93. The molecule has 0 unspecified atom stereocenters. The minimum atomic E-state index is -0.730. The molecule has 5 aliphatic rings. The zero-order valence-electron chi connectivity index (χ0n) is 43.7. The molecule has 10 aromatic rings. The summed E-state index contributed by atoms with van der Waals surface area (Å²) < 4.78 is 13.9. The molecule has 4 nitrogen and oxygen atoms in total. The average Bonchev–Trinajstić information content (AvgIpc) is 3.76. The standard InChI is InChI=1S/C71H56N2O2/c1-41-33-43(3)67(44(4)34-41)72-59-27-15-9-21-49(59)70(51-23-11-17-29-63(51)74-64-30-18-12-24-52(64)70)57-37-47-48-38-58-62(40-56(48)69(7,8)55(47)39-61(57)72)73(68-45(5)35-42(2)36-46(68)6)60-28-16-10-22-50(60)71(58)53-25-13-19-31-65(53)75-66-32-20-14-26-54(66)71/h9-40H,1-8H3. The van der Waals surface area contributed by atoms with E-state index in [0.717, 1.165) is 45.3 Å². The summed E-state index contributed by atoms with van der Waals surface area (Å²) in [6.07, 6.45) is 0. The van der Waals surface area contributed by atoms with Crippen LogP contribution < -0.4 is 19.3 Å². The van der Waals surface area contributed by atoms with Crippen LogP contribution in [0, 0.1) is 41.5 Å². The largest absolute Gasteiger partial charge is 0.457 e. The van der Waals surface area contributed by atoms with Crippen LogP contribution in [-0.4, -0.2) is 0 Å². The van der Waals surface area contributed by atoms with E-state index < -0.39 is 16.2 Å². The smallest absolute Gasteiger partial charge is 0.132 e. The lowest BCUT2D eigenvalue weighted by Crippen LogP contribution is -2.40.